The van der Waals surface area contributed by atoms with Crippen LogP contribution in [0.2, 0.25) is 0 Å². The predicted molar refractivity (Wildman–Crippen MR) is 83.5 cm³/mol. The van der Waals surface area contributed by atoms with Gasteiger partial charge in [-0.15, -0.1) is 4.91 Å². The Morgan fingerprint density at radius 1 is 0.955 bits per heavy atom. The first-order chi connectivity index (χ1) is 10.4. The Labute approximate surface area is 127 Å². The summed E-state index contributed by atoms with van der Waals surface area (Å²) < 4.78 is 26.8. The highest BCUT2D eigenvalue weighted by Gasteiger charge is 2.14. The predicted octanol–water partition coefficient (Wildman–Crippen LogP) is 2.84. The largest absolute Gasteiger partial charge is 0.326 e. The van der Waals surface area contributed by atoms with E-state index < -0.39 is 10.0 Å². The number of carbonyl (C=O) groups is 1. The van der Waals surface area contributed by atoms with Crippen molar-refractivity contribution in [2.45, 2.75) is 11.8 Å². The Hall–Kier alpha value is -2.74. The van der Waals surface area contributed by atoms with E-state index in [4.69, 9.17) is 0 Å². The van der Waals surface area contributed by atoms with Crippen LogP contribution in [0, 0.1) is 4.91 Å². The summed E-state index contributed by atoms with van der Waals surface area (Å²) in [6.07, 6.45) is 0. The minimum absolute atomic E-state index is 0.0548. The van der Waals surface area contributed by atoms with Gasteiger partial charge in [0.2, 0.25) is 5.91 Å². The van der Waals surface area contributed by atoms with E-state index in [1.165, 1.54) is 55.5 Å². The van der Waals surface area contributed by atoms with Gasteiger partial charge in [0.25, 0.3) is 10.0 Å². The maximum Gasteiger partial charge on any atom is 0.261 e. The minimum Gasteiger partial charge on any atom is -0.326 e. The van der Waals surface area contributed by atoms with E-state index in [0.717, 1.165) is 0 Å². The second kappa shape index (κ2) is 6.35. The number of benzene rings is 2. The fraction of sp³-hybridized carbons (Fsp3) is 0.0714. The number of amides is 1. The number of rotatable bonds is 5. The highest BCUT2D eigenvalue weighted by atomic mass is 32.2. The summed E-state index contributed by atoms with van der Waals surface area (Å²) in [7, 11) is -3.75. The minimum atomic E-state index is -3.75. The Morgan fingerprint density at radius 2 is 1.50 bits per heavy atom. The van der Waals surface area contributed by atoms with Crippen LogP contribution in [-0.2, 0) is 14.8 Å². The molecule has 22 heavy (non-hydrogen) atoms. The fourth-order valence-electron chi connectivity index (χ4n) is 1.73. The van der Waals surface area contributed by atoms with Crippen molar-refractivity contribution in [1.29, 1.82) is 0 Å². The van der Waals surface area contributed by atoms with Crippen molar-refractivity contribution in [3.63, 3.8) is 0 Å². The van der Waals surface area contributed by atoms with Crippen molar-refractivity contribution in [2.24, 2.45) is 5.18 Å². The van der Waals surface area contributed by atoms with Crippen molar-refractivity contribution in [1.82, 2.24) is 0 Å². The molecule has 1 amide bonds. The molecule has 0 saturated heterocycles. The first-order valence-electron chi connectivity index (χ1n) is 6.24. The van der Waals surface area contributed by atoms with E-state index in [2.05, 4.69) is 15.2 Å². The maximum absolute atomic E-state index is 12.2. The molecule has 0 radical (unpaired) electrons. The van der Waals surface area contributed by atoms with Crippen molar-refractivity contribution in [3.8, 4) is 0 Å². The summed E-state index contributed by atoms with van der Waals surface area (Å²) in [6, 6.07) is 11.5. The molecule has 0 bridgehead atoms. The highest BCUT2D eigenvalue weighted by molar-refractivity contribution is 7.92. The Balaban J connectivity index is 2.18. The summed E-state index contributed by atoms with van der Waals surface area (Å²) in [6.45, 7) is 1.37. The SMILES string of the molecule is CC(=O)Nc1ccc(S(=O)(=O)Nc2ccc(N=O)cc2)cc1. The number of nitrogens with one attached hydrogen (secondary N) is 2. The molecule has 0 aliphatic carbocycles. The summed E-state index contributed by atoms with van der Waals surface area (Å²) in [4.78, 5) is 21.3. The topological polar surface area (TPSA) is 105 Å². The quantitative estimate of drug-likeness (QED) is 0.827. The average Bonchev–Trinajstić information content (AvgIpc) is 2.47. The Kier molecular flexibility index (Phi) is 4.52. The van der Waals surface area contributed by atoms with E-state index in [1.54, 1.807) is 0 Å². The van der Waals surface area contributed by atoms with Crippen molar-refractivity contribution >= 4 is 33.0 Å². The van der Waals surface area contributed by atoms with E-state index >= 15 is 0 Å². The molecule has 2 rings (SSSR count). The first kappa shape index (κ1) is 15.6. The van der Waals surface area contributed by atoms with E-state index in [1.807, 2.05) is 0 Å². The second-order valence-electron chi connectivity index (χ2n) is 4.45. The zero-order valence-corrected chi connectivity index (χ0v) is 12.4. The number of nitrogens with zero attached hydrogens (tertiary/aromatic N) is 1. The molecule has 2 aromatic rings. The van der Waals surface area contributed by atoms with Crippen LogP contribution in [0.25, 0.3) is 0 Å². The lowest BCUT2D eigenvalue weighted by Gasteiger charge is -2.09. The molecule has 0 spiro atoms. The number of sulfonamides is 1. The van der Waals surface area contributed by atoms with Crippen molar-refractivity contribution in [2.75, 3.05) is 10.0 Å². The van der Waals surface area contributed by atoms with Crippen LogP contribution >= 0.6 is 0 Å². The van der Waals surface area contributed by atoms with Gasteiger partial charge in [0.15, 0.2) is 0 Å². The van der Waals surface area contributed by atoms with Gasteiger partial charge >= 0.3 is 0 Å². The Morgan fingerprint density at radius 3 is 2.00 bits per heavy atom. The van der Waals surface area contributed by atoms with E-state index in [9.17, 15) is 18.1 Å². The molecular formula is C14H13N3O4S. The van der Waals surface area contributed by atoms with Gasteiger partial charge in [0, 0.05) is 18.3 Å². The van der Waals surface area contributed by atoms with Crippen LogP contribution in [0.4, 0.5) is 17.1 Å². The van der Waals surface area contributed by atoms with Gasteiger partial charge in [-0.2, -0.15) is 0 Å². The van der Waals surface area contributed by atoms with E-state index in [0.29, 0.717) is 11.4 Å². The van der Waals surface area contributed by atoms with Gasteiger partial charge in [0.1, 0.15) is 5.69 Å². The summed E-state index contributed by atoms with van der Waals surface area (Å²) in [5.74, 6) is -0.238. The van der Waals surface area contributed by atoms with Crippen LogP contribution < -0.4 is 10.0 Å². The molecule has 0 aromatic heterocycles. The van der Waals surface area contributed by atoms with Gasteiger partial charge in [0.05, 0.1) is 4.90 Å². The third kappa shape index (κ3) is 3.89. The molecule has 0 atom stereocenters. The molecule has 0 heterocycles. The molecular weight excluding hydrogens is 306 g/mol. The molecule has 0 unspecified atom stereocenters. The van der Waals surface area contributed by atoms with E-state index in [-0.39, 0.29) is 16.5 Å². The maximum atomic E-state index is 12.2. The summed E-state index contributed by atoms with van der Waals surface area (Å²) in [5, 5.41) is 5.29. The number of hydrogen-bond donors (Lipinski definition) is 2. The average molecular weight is 319 g/mol. The molecule has 0 aliphatic rings. The van der Waals surface area contributed by atoms with Crippen LogP contribution in [0.15, 0.2) is 58.6 Å². The van der Waals surface area contributed by atoms with Crippen LogP contribution in [0.3, 0.4) is 0 Å². The number of hydrogen-bond acceptors (Lipinski definition) is 5. The highest BCUT2D eigenvalue weighted by Crippen LogP contribution is 2.20. The smallest absolute Gasteiger partial charge is 0.261 e. The third-order valence-corrected chi connectivity index (χ3v) is 4.11. The normalized spacial score (nSPS) is 10.8. The molecule has 8 heteroatoms. The molecule has 2 aromatic carbocycles. The van der Waals surface area contributed by atoms with Gasteiger partial charge in [-0.3, -0.25) is 9.52 Å². The fourth-order valence-corrected chi connectivity index (χ4v) is 2.78. The number of carbonyl (C=O) groups excluding carboxylic acids is 1. The second-order valence-corrected chi connectivity index (χ2v) is 6.13. The summed E-state index contributed by atoms with van der Waals surface area (Å²) in [5.41, 5.74) is 1.04. The van der Waals surface area contributed by atoms with Crippen molar-refractivity contribution in [3.05, 3.63) is 53.4 Å². The summed E-state index contributed by atoms with van der Waals surface area (Å²) >= 11 is 0. The molecule has 7 nitrogen and oxygen atoms in total. The van der Waals surface area contributed by atoms with Gasteiger partial charge in [-0.25, -0.2) is 8.42 Å². The third-order valence-electron chi connectivity index (χ3n) is 2.71. The van der Waals surface area contributed by atoms with Gasteiger partial charge in [-0.05, 0) is 53.7 Å². The first-order valence-corrected chi connectivity index (χ1v) is 7.73. The molecule has 0 saturated carbocycles. The van der Waals surface area contributed by atoms with Crippen LogP contribution in [0.5, 0.6) is 0 Å². The molecule has 2 N–H and O–H groups in total. The number of nitroso groups, excluding NO2 is 1. The monoisotopic (exact) mass is 319 g/mol. The lowest BCUT2D eigenvalue weighted by atomic mass is 10.3. The number of anilines is 2. The molecule has 0 fully saturated rings. The Bertz CT molecular complexity index is 784. The van der Waals surface area contributed by atoms with Gasteiger partial charge < -0.3 is 5.32 Å². The van der Waals surface area contributed by atoms with Crippen LogP contribution in [0.1, 0.15) is 6.92 Å². The lowest BCUT2D eigenvalue weighted by Crippen LogP contribution is -2.13. The lowest BCUT2D eigenvalue weighted by molar-refractivity contribution is -0.114. The zero-order chi connectivity index (χ0) is 16.2. The molecule has 114 valence electrons. The standard InChI is InChI=1S/C14H13N3O4S/c1-10(18)15-11-6-8-14(9-7-11)22(20,21)17-13-4-2-12(16-19)3-5-13/h2-9,17H,1H3,(H,15,18). The van der Waals surface area contributed by atoms with Gasteiger partial charge in [-0.1, -0.05) is 0 Å². The molecule has 0 aliphatic heterocycles. The van der Waals surface area contributed by atoms with Crippen molar-refractivity contribution < 1.29 is 13.2 Å². The van der Waals surface area contributed by atoms with Crippen LogP contribution in [-0.4, -0.2) is 14.3 Å². The zero-order valence-electron chi connectivity index (χ0n) is 11.6.